The average molecular weight is 948 g/mol. The number of benzene rings is 7. The number of fused-ring (bicyclic) bond motifs is 11. The van der Waals surface area contributed by atoms with E-state index in [4.69, 9.17) is 4.42 Å². The Morgan fingerprint density at radius 2 is 1.04 bits per heavy atom. The first-order valence-corrected chi connectivity index (χ1v) is 27.3. The maximum absolute atomic E-state index is 6.85. The highest BCUT2D eigenvalue weighted by atomic mass is 32.1. The van der Waals surface area contributed by atoms with Gasteiger partial charge in [0.1, 0.15) is 11.2 Å². The Balaban J connectivity index is 1.13. The Morgan fingerprint density at radius 3 is 1.72 bits per heavy atom. The number of hydrogen-bond donors (Lipinski definition) is 1. The summed E-state index contributed by atoms with van der Waals surface area (Å²) in [6, 6.07) is 44.7. The molecule has 5 heteroatoms. The van der Waals surface area contributed by atoms with Gasteiger partial charge in [-0.3, -0.25) is 0 Å². The molecule has 0 spiro atoms. The summed E-state index contributed by atoms with van der Waals surface area (Å²) in [6.45, 7) is 29.4. The van der Waals surface area contributed by atoms with Crippen molar-refractivity contribution in [3.63, 3.8) is 0 Å². The molecule has 13 rings (SSSR count). The number of nitrogens with zero attached hydrogens (tertiary/aromatic N) is 1. The number of hydrogen-bond acceptors (Lipinski definition) is 4. The molecular formula is C66H68BN2OS. The van der Waals surface area contributed by atoms with Crippen molar-refractivity contribution in [2.75, 3.05) is 10.2 Å². The summed E-state index contributed by atoms with van der Waals surface area (Å²) < 4.78 is 9.45. The lowest BCUT2D eigenvalue weighted by Gasteiger charge is -2.45. The van der Waals surface area contributed by atoms with Crippen LogP contribution in [0.5, 0.6) is 0 Å². The molecule has 357 valence electrons. The molecule has 1 N–H and O–H groups in total. The second-order valence-corrected chi connectivity index (χ2v) is 27.1. The molecule has 0 atom stereocenters. The van der Waals surface area contributed by atoms with Gasteiger partial charge in [0.15, 0.2) is 7.28 Å². The van der Waals surface area contributed by atoms with Gasteiger partial charge >= 0.3 is 0 Å². The largest absolute Gasteiger partial charge is 0.456 e. The molecule has 71 heavy (non-hydrogen) atoms. The summed E-state index contributed by atoms with van der Waals surface area (Å²) >= 11 is 1.92. The zero-order valence-electron chi connectivity index (χ0n) is 44.1. The third-order valence-corrected chi connectivity index (χ3v) is 19.7. The lowest BCUT2D eigenvalue weighted by molar-refractivity contribution is 0.332. The minimum Gasteiger partial charge on any atom is -0.456 e. The van der Waals surface area contributed by atoms with E-state index in [9.17, 15) is 0 Å². The Morgan fingerprint density at radius 1 is 0.479 bits per heavy atom. The van der Waals surface area contributed by atoms with Gasteiger partial charge in [-0.2, -0.15) is 0 Å². The summed E-state index contributed by atoms with van der Waals surface area (Å²) in [5.74, 6) is 0. The second-order valence-electron chi connectivity index (χ2n) is 26.0. The highest BCUT2D eigenvalue weighted by Crippen LogP contribution is 2.54. The standard InChI is InChI=1S/C66H68BN2OS/c1-61(2)25-27-63(5,6)47-31-38(21-23-45(47)61)68-52-33-42-40-17-13-15-19-55(40)70-56(42)35-44(52)58-59-54(34-43-41-18-14-16-20-57(41)71-60(43)58)69(39-22-24-46-48(32-39)64(7,8)28-26-62(46,3)4)53-37-50-49(36-51(53)67-59)65(9,10)29-30-66(50,11)12/h13-24,31-37,68H,25-30H2,1-12H3. The summed E-state index contributed by atoms with van der Waals surface area (Å²) in [6.07, 6.45) is 7.04. The van der Waals surface area contributed by atoms with Crippen LogP contribution in [0, 0.1) is 0 Å². The van der Waals surface area contributed by atoms with Gasteiger partial charge in [0.05, 0.1) is 0 Å². The van der Waals surface area contributed by atoms with Crippen LogP contribution in [0.1, 0.15) is 155 Å². The van der Waals surface area contributed by atoms with Crippen molar-refractivity contribution in [1.82, 2.24) is 0 Å². The van der Waals surface area contributed by atoms with Crippen LogP contribution in [0.4, 0.5) is 28.4 Å². The van der Waals surface area contributed by atoms with Gasteiger partial charge in [0, 0.05) is 64.9 Å². The van der Waals surface area contributed by atoms with Crippen LogP contribution in [0.2, 0.25) is 0 Å². The number of anilines is 5. The van der Waals surface area contributed by atoms with Crippen LogP contribution in [-0.2, 0) is 32.5 Å². The quantitative estimate of drug-likeness (QED) is 0.178. The van der Waals surface area contributed by atoms with E-state index >= 15 is 0 Å². The van der Waals surface area contributed by atoms with Crippen molar-refractivity contribution in [2.24, 2.45) is 0 Å². The Kier molecular flexibility index (Phi) is 9.47. The molecule has 1 radical (unpaired) electrons. The summed E-state index contributed by atoms with van der Waals surface area (Å²) in [5, 5.41) is 8.98. The molecule has 0 fully saturated rings. The maximum Gasteiger partial charge on any atom is 0.197 e. The number of nitrogens with one attached hydrogen (secondary N) is 1. The molecule has 0 saturated carbocycles. The van der Waals surface area contributed by atoms with Gasteiger partial charge in [-0.1, -0.05) is 143 Å². The van der Waals surface area contributed by atoms with Gasteiger partial charge in [-0.15, -0.1) is 11.3 Å². The van der Waals surface area contributed by atoms with Crippen LogP contribution in [0.25, 0.3) is 53.2 Å². The van der Waals surface area contributed by atoms with E-state index in [0.717, 1.165) is 38.9 Å². The Hall–Kier alpha value is -5.78. The van der Waals surface area contributed by atoms with E-state index in [2.05, 4.69) is 216 Å². The highest BCUT2D eigenvalue weighted by Gasteiger charge is 2.42. The molecule has 4 aliphatic rings. The van der Waals surface area contributed by atoms with Crippen molar-refractivity contribution >= 4 is 100 Å². The minimum absolute atomic E-state index is 0.0522. The van der Waals surface area contributed by atoms with Crippen molar-refractivity contribution in [1.29, 1.82) is 0 Å². The topological polar surface area (TPSA) is 28.4 Å². The molecular weight excluding hydrogens is 880 g/mol. The van der Waals surface area contributed by atoms with Gasteiger partial charge in [0.2, 0.25) is 0 Å². The normalized spacial score (nSPS) is 19.7. The minimum atomic E-state index is 0.0522. The smallest absolute Gasteiger partial charge is 0.197 e. The molecule has 3 nitrogen and oxygen atoms in total. The lowest BCUT2D eigenvalue weighted by Crippen LogP contribution is -2.44. The molecule has 7 aromatic carbocycles. The highest BCUT2D eigenvalue weighted by molar-refractivity contribution is 7.26. The van der Waals surface area contributed by atoms with E-state index in [1.165, 1.54) is 126 Å². The molecule has 9 aromatic rings. The lowest BCUT2D eigenvalue weighted by atomic mass is 9.55. The third-order valence-electron chi connectivity index (χ3n) is 18.5. The predicted molar refractivity (Wildman–Crippen MR) is 307 cm³/mol. The fourth-order valence-corrected chi connectivity index (χ4v) is 14.8. The molecule has 3 aliphatic carbocycles. The van der Waals surface area contributed by atoms with Crippen LogP contribution in [0.15, 0.2) is 120 Å². The predicted octanol–water partition coefficient (Wildman–Crippen LogP) is 17.8. The second kappa shape index (κ2) is 14.9. The fraction of sp³-hybridized carbons (Fsp3) is 0.364. The average Bonchev–Trinajstić information content (AvgIpc) is 3.89. The first kappa shape index (κ1) is 45.1. The monoisotopic (exact) mass is 948 g/mol. The SMILES string of the molecule is CC1(C)CCC(C)(C)c2cc(Nc3cc4c(cc3-c3c5c(cc6c3sc3ccccc36)N(c3ccc6c(c3)C(C)(C)CCC6(C)C)c3cc6c(cc3[B]5)C(C)(C)CCC6(C)C)oc3ccccc34)ccc21. The van der Waals surface area contributed by atoms with E-state index in [1.54, 1.807) is 0 Å². The summed E-state index contributed by atoms with van der Waals surface area (Å²) in [4.78, 5) is 2.66. The van der Waals surface area contributed by atoms with Gasteiger partial charge in [-0.25, -0.2) is 0 Å². The first-order chi connectivity index (χ1) is 33.6. The van der Waals surface area contributed by atoms with Crippen molar-refractivity contribution in [2.45, 2.75) is 154 Å². The van der Waals surface area contributed by atoms with E-state index in [-0.39, 0.29) is 32.5 Å². The zero-order valence-corrected chi connectivity index (χ0v) is 44.9. The van der Waals surface area contributed by atoms with Crippen LogP contribution >= 0.6 is 11.3 Å². The maximum atomic E-state index is 6.85. The molecule has 2 aromatic heterocycles. The van der Waals surface area contributed by atoms with Gasteiger partial charge in [-0.05, 0) is 176 Å². The first-order valence-electron chi connectivity index (χ1n) is 26.5. The van der Waals surface area contributed by atoms with Crippen LogP contribution in [0.3, 0.4) is 0 Å². The number of furan rings is 1. The molecule has 0 unspecified atom stereocenters. The molecule has 0 amide bonds. The summed E-state index contributed by atoms with van der Waals surface area (Å²) in [7, 11) is 2.56. The van der Waals surface area contributed by atoms with Crippen molar-refractivity contribution < 1.29 is 4.42 Å². The van der Waals surface area contributed by atoms with E-state index < -0.39 is 0 Å². The molecule has 3 heterocycles. The van der Waals surface area contributed by atoms with Gasteiger partial charge < -0.3 is 14.6 Å². The van der Waals surface area contributed by atoms with Crippen molar-refractivity contribution in [3.8, 4) is 11.1 Å². The number of para-hydroxylation sites is 1. The van der Waals surface area contributed by atoms with Crippen LogP contribution in [-0.4, -0.2) is 7.28 Å². The van der Waals surface area contributed by atoms with E-state index in [1.807, 2.05) is 11.3 Å². The summed E-state index contributed by atoms with van der Waals surface area (Å²) in [5.41, 5.74) is 22.0. The zero-order chi connectivity index (χ0) is 49.4. The third kappa shape index (κ3) is 6.80. The van der Waals surface area contributed by atoms with Crippen molar-refractivity contribution in [3.05, 3.63) is 149 Å². The Labute approximate surface area is 426 Å². The van der Waals surface area contributed by atoms with Crippen LogP contribution < -0.4 is 21.1 Å². The molecule has 0 bridgehead atoms. The Bertz CT molecular complexity index is 3740. The molecule has 1 aliphatic heterocycles. The fourth-order valence-electron chi connectivity index (χ4n) is 13.6. The molecule has 0 saturated heterocycles. The number of thiophene rings is 1. The number of rotatable bonds is 4. The van der Waals surface area contributed by atoms with Gasteiger partial charge in [0.25, 0.3) is 0 Å². The van der Waals surface area contributed by atoms with E-state index in [0.29, 0.717) is 0 Å².